The van der Waals surface area contributed by atoms with Crippen LogP contribution < -0.4 is 15.0 Å². The second-order valence-corrected chi connectivity index (χ2v) is 5.76. The number of rotatable bonds is 4. The van der Waals surface area contributed by atoms with Crippen LogP contribution in [0.4, 0.5) is 0 Å². The lowest BCUT2D eigenvalue weighted by Crippen LogP contribution is -2.21. The summed E-state index contributed by atoms with van der Waals surface area (Å²) in [5, 5.41) is 0.952. The van der Waals surface area contributed by atoms with Crippen LogP contribution in [0.5, 0.6) is 11.5 Å². The van der Waals surface area contributed by atoms with Gasteiger partial charge in [-0.15, -0.1) is 0 Å². The van der Waals surface area contributed by atoms with Gasteiger partial charge >= 0.3 is 0 Å². The van der Waals surface area contributed by atoms with Crippen LogP contribution in [0.15, 0.2) is 53.6 Å². The number of nitrogens with one attached hydrogen (secondary N) is 1. The first-order valence-corrected chi connectivity index (χ1v) is 7.88. The van der Waals surface area contributed by atoms with Gasteiger partial charge in [0.25, 0.3) is 5.56 Å². The Morgan fingerprint density at radius 1 is 1.08 bits per heavy atom. The molecule has 4 rings (SSSR count). The number of hydrogen-bond acceptors (Lipinski definition) is 4. The van der Waals surface area contributed by atoms with Gasteiger partial charge in [-0.25, -0.2) is 4.98 Å². The van der Waals surface area contributed by atoms with Crippen LogP contribution >= 0.6 is 0 Å². The standard InChI is InChI=1S/C19H17N3O3/c1-24-15-8-7-12(9-16(15)25-2)10-22-11-20-17-13-5-3-4-6-14(13)21-18(17)19(22)23/h3-9,11,21H,10H2,1-2H3. The molecule has 0 aliphatic heterocycles. The van der Waals surface area contributed by atoms with Crippen molar-refractivity contribution in [3.8, 4) is 11.5 Å². The van der Waals surface area contributed by atoms with Gasteiger partial charge in [0.05, 0.1) is 27.1 Å². The predicted molar refractivity (Wildman–Crippen MR) is 96.5 cm³/mol. The van der Waals surface area contributed by atoms with E-state index in [9.17, 15) is 4.79 Å². The van der Waals surface area contributed by atoms with E-state index >= 15 is 0 Å². The molecule has 0 saturated heterocycles. The van der Waals surface area contributed by atoms with E-state index in [1.807, 2.05) is 42.5 Å². The van der Waals surface area contributed by atoms with E-state index in [-0.39, 0.29) is 5.56 Å². The Balaban J connectivity index is 1.78. The molecule has 2 heterocycles. The zero-order valence-corrected chi connectivity index (χ0v) is 13.9. The number of para-hydroxylation sites is 1. The number of aromatic amines is 1. The van der Waals surface area contributed by atoms with E-state index in [4.69, 9.17) is 9.47 Å². The molecule has 0 fully saturated rings. The topological polar surface area (TPSA) is 69.1 Å². The summed E-state index contributed by atoms with van der Waals surface area (Å²) in [4.78, 5) is 20.5. The van der Waals surface area contributed by atoms with Gasteiger partial charge in [-0.05, 0) is 23.8 Å². The van der Waals surface area contributed by atoms with Crippen molar-refractivity contribution in [3.05, 3.63) is 64.7 Å². The summed E-state index contributed by atoms with van der Waals surface area (Å²) >= 11 is 0. The fourth-order valence-electron chi connectivity index (χ4n) is 3.03. The Hall–Kier alpha value is -3.28. The van der Waals surface area contributed by atoms with Crippen LogP contribution in [-0.4, -0.2) is 28.8 Å². The van der Waals surface area contributed by atoms with Gasteiger partial charge < -0.3 is 14.5 Å². The summed E-state index contributed by atoms with van der Waals surface area (Å²) < 4.78 is 12.1. The smallest absolute Gasteiger partial charge is 0.277 e. The predicted octanol–water partition coefficient (Wildman–Crippen LogP) is 2.94. The molecular formula is C19H17N3O3. The van der Waals surface area contributed by atoms with E-state index < -0.39 is 0 Å². The van der Waals surface area contributed by atoms with Gasteiger partial charge in [-0.3, -0.25) is 9.36 Å². The number of methoxy groups -OCH3 is 2. The van der Waals surface area contributed by atoms with E-state index in [2.05, 4.69) is 9.97 Å². The molecule has 126 valence electrons. The minimum atomic E-state index is -0.101. The second kappa shape index (κ2) is 5.98. The van der Waals surface area contributed by atoms with Crippen LogP contribution in [0.25, 0.3) is 21.9 Å². The molecule has 0 spiro atoms. The molecule has 0 unspecified atom stereocenters. The van der Waals surface area contributed by atoms with Crippen LogP contribution in [0, 0.1) is 0 Å². The second-order valence-electron chi connectivity index (χ2n) is 5.76. The molecule has 0 radical (unpaired) electrons. The Morgan fingerprint density at radius 3 is 2.68 bits per heavy atom. The molecule has 0 saturated carbocycles. The average Bonchev–Trinajstić information content (AvgIpc) is 3.03. The summed E-state index contributed by atoms with van der Waals surface area (Å²) in [6.45, 7) is 0.400. The third-order valence-electron chi connectivity index (χ3n) is 4.28. The summed E-state index contributed by atoms with van der Waals surface area (Å²) in [7, 11) is 3.18. The van der Waals surface area contributed by atoms with Crippen molar-refractivity contribution in [1.82, 2.24) is 14.5 Å². The first-order valence-electron chi connectivity index (χ1n) is 7.88. The van der Waals surface area contributed by atoms with Gasteiger partial charge in [-0.1, -0.05) is 24.3 Å². The quantitative estimate of drug-likeness (QED) is 0.622. The van der Waals surface area contributed by atoms with Crippen molar-refractivity contribution in [2.75, 3.05) is 14.2 Å². The summed E-state index contributed by atoms with van der Waals surface area (Å²) in [6, 6.07) is 13.4. The molecule has 0 aliphatic rings. The normalized spacial score (nSPS) is 11.1. The molecule has 0 aliphatic carbocycles. The van der Waals surface area contributed by atoms with E-state index in [0.29, 0.717) is 29.1 Å². The molecule has 0 amide bonds. The number of benzene rings is 2. The molecule has 25 heavy (non-hydrogen) atoms. The fraction of sp³-hybridized carbons (Fsp3) is 0.158. The van der Waals surface area contributed by atoms with Gasteiger partial charge in [0.2, 0.25) is 0 Å². The Bertz CT molecular complexity index is 1130. The van der Waals surface area contributed by atoms with Crippen molar-refractivity contribution in [2.45, 2.75) is 6.54 Å². The van der Waals surface area contributed by atoms with E-state index in [1.165, 1.54) is 0 Å². The molecule has 1 N–H and O–H groups in total. The van der Waals surface area contributed by atoms with Gasteiger partial charge in [0.1, 0.15) is 11.0 Å². The molecule has 6 nitrogen and oxygen atoms in total. The third-order valence-corrected chi connectivity index (χ3v) is 4.28. The molecule has 6 heteroatoms. The highest BCUT2D eigenvalue weighted by molar-refractivity contribution is 6.04. The number of aromatic nitrogens is 3. The number of nitrogens with zero attached hydrogens (tertiary/aromatic N) is 2. The fourth-order valence-corrected chi connectivity index (χ4v) is 3.03. The number of ether oxygens (including phenoxy) is 2. The van der Waals surface area contributed by atoms with E-state index in [0.717, 1.165) is 16.5 Å². The van der Waals surface area contributed by atoms with Crippen molar-refractivity contribution in [2.24, 2.45) is 0 Å². The van der Waals surface area contributed by atoms with Crippen molar-refractivity contribution in [3.63, 3.8) is 0 Å². The molecule has 2 aromatic carbocycles. The summed E-state index contributed by atoms with van der Waals surface area (Å²) in [5.74, 6) is 1.29. The average molecular weight is 335 g/mol. The largest absolute Gasteiger partial charge is 0.493 e. The number of H-pyrrole nitrogens is 1. The summed E-state index contributed by atoms with van der Waals surface area (Å²) in [6.07, 6.45) is 1.58. The highest BCUT2D eigenvalue weighted by Gasteiger charge is 2.11. The SMILES string of the molecule is COc1ccc(Cn2cnc3c([nH]c4ccccc43)c2=O)cc1OC. The molecule has 0 bridgehead atoms. The maximum atomic E-state index is 12.8. The van der Waals surface area contributed by atoms with Crippen LogP contribution in [0.2, 0.25) is 0 Å². The highest BCUT2D eigenvalue weighted by Crippen LogP contribution is 2.28. The Labute approximate surface area is 143 Å². The van der Waals surface area contributed by atoms with Crippen LogP contribution in [-0.2, 0) is 6.54 Å². The van der Waals surface area contributed by atoms with Crippen molar-refractivity contribution in [1.29, 1.82) is 0 Å². The molecular weight excluding hydrogens is 318 g/mol. The van der Waals surface area contributed by atoms with E-state index in [1.54, 1.807) is 25.1 Å². The minimum Gasteiger partial charge on any atom is -0.493 e. The lowest BCUT2D eigenvalue weighted by molar-refractivity contribution is 0.354. The lowest BCUT2D eigenvalue weighted by Gasteiger charge is -2.10. The van der Waals surface area contributed by atoms with Crippen molar-refractivity contribution >= 4 is 21.9 Å². The van der Waals surface area contributed by atoms with Gasteiger partial charge in [0.15, 0.2) is 11.5 Å². The first-order chi connectivity index (χ1) is 12.2. The number of hydrogen-bond donors (Lipinski definition) is 1. The Kier molecular flexibility index (Phi) is 3.65. The molecule has 4 aromatic rings. The zero-order valence-electron chi connectivity index (χ0n) is 13.9. The molecule has 0 atom stereocenters. The maximum absolute atomic E-state index is 12.8. The third kappa shape index (κ3) is 2.52. The lowest BCUT2D eigenvalue weighted by atomic mass is 10.2. The Morgan fingerprint density at radius 2 is 1.88 bits per heavy atom. The summed E-state index contributed by atoms with van der Waals surface area (Å²) in [5.41, 5.74) is 2.95. The van der Waals surface area contributed by atoms with Gasteiger partial charge in [-0.2, -0.15) is 0 Å². The first kappa shape index (κ1) is 15.3. The van der Waals surface area contributed by atoms with Crippen LogP contribution in [0.1, 0.15) is 5.56 Å². The monoisotopic (exact) mass is 335 g/mol. The highest BCUT2D eigenvalue weighted by atomic mass is 16.5. The zero-order chi connectivity index (χ0) is 17.4. The van der Waals surface area contributed by atoms with Gasteiger partial charge in [0, 0.05) is 10.9 Å². The minimum absolute atomic E-state index is 0.101. The maximum Gasteiger partial charge on any atom is 0.277 e. The van der Waals surface area contributed by atoms with Crippen LogP contribution in [0.3, 0.4) is 0 Å². The van der Waals surface area contributed by atoms with Crippen molar-refractivity contribution < 1.29 is 9.47 Å². The number of fused-ring (bicyclic) bond motifs is 3. The molecule has 2 aromatic heterocycles.